The first-order valence-electron chi connectivity index (χ1n) is 8.40. The number of carbonyl (C=O) groups is 1. The summed E-state index contributed by atoms with van der Waals surface area (Å²) in [4.78, 5) is 26.6. The first kappa shape index (κ1) is 17.6. The molecule has 0 spiro atoms. The van der Waals surface area contributed by atoms with Crippen LogP contribution in [0.2, 0.25) is 0 Å². The molecule has 0 bridgehead atoms. The number of rotatable bonds is 6. The van der Waals surface area contributed by atoms with Crippen molar-refractivity contribution in [1.29, 1.82) is 0 Å². The third kappa shape index (κ3) is 4.64. The normalized spacial score (nSPS) is 18.0. The number of thiophene rings is 1. The van der Waals surface area contributed by atoms with Gasteiger partial charge < -0.3 is 5.32 Å². The molecule has 132 valence electrons. The Morgan fingerprint density at radius 3 is 2.92 bits per heavy atom. The van der Waals surface area contributed by atoms with Crippen molar-refractivity contribution in [3.63, 3.8) is 0 Å². The van der Waals surface area contributed by atoms with Crippen LogP contribution in [-0.4, -0.2) is 35.4 Å². The fourth-order valence-electron chi connectivity index (χ4n) is 3.24. The number of piperidine rings is 1. The van der Waals surface area contributed by atoms with Crippen LogP contribution in [0.25, 0.3) is 0 Å². The third-order valence-electron chi connectivity index (χ3n) is 4.46. The molecule has 3 rings (SSSR count). The Bertz CT molecular complexity index is 733. The minimum Gasteiger partial charge on any atom is -0.351 e. The van der Waals surface area contributed by atoms with Gasteiger partial charge in [0, 0.05) is 30.6 Å². The standard InChI is InChI=1S/C18H21N3O3S/c22-18(16-7-1-2-8-17(16)21(23)24)19-11-14-5-3-9-20(12-14)13-15-6-4-10-25-15/h1-2,4,6-8,10,14H,3,5,9,11-13H2,(H,19,22). The second-order valence-electron chi connectivity index (χ2n) is 6.31. The Labute approximate surface area is 150 Å². The second kappa shape index (κ2) is 8.22. The van der Waals surface area contributed by atoms with E-state index in [1.165, 1.54) is 17.0 Å². The van der Waals surface area contributed by atoms with E-state index < -0.39 is 4.92 Å². The molecule has 1 aromatic carbocycles. The zero-order valence-electron chi connectivity index (χ0n) is 13.9. The highest BCUT2D eigenvalue weighted by atomic mass is 32.1. The predicted octanol–water partition coefficient (Wildman–Crippen LogP) is 3.30. The molecule has 0 radical (unpaired) electrons. The molecule has 7 heteroatoms. The number of para-hydroxylation sites is 1. The fraction of sp³-hybridized carbons (Fsp3) is 0.389. The minimum absolute atomic E-state index is 0.124. The summed E-state index contributed by atoms with van der Waals surface area (Å²) in [5, 5.41) is 16.0. The van der Waals surface area contributed by atoms with Gasteiger partial charge in [0.2, 0.25) is 0 Å². The van der Waals surface area contributed by atoms with Gasteiger partial charge in [0.1, 0.15) is 5.56 Å². The third-order valence-corrected chi connectivity index (χ3v) is 5.32. The first-order valence-corrected chi connectivity index (χ1v) is 9.28. The zero-order chi connectivity index (χ0) is 17.6. The van der Waals surface area contributed by atoms with Gasteiger partial charge in [-0.1, -0.05) is 18.2 Å². The maximum absolute atomic E-state index is 12.3. The van der Waals surface area contributed by atoms with Gasteiger partial charge in [-0.15, -0.1) is 11.3 Å². The fourth-order valence-corrected chi connectivity index (χ4v) is 3.99. The predicted molar refractivity (Wildman–Crippen MR) is 97.7 cm³/mol. The number of hydrogen-bond acceptors (Lipinski definition) is 5. The molecule has 2 aromatic rings. The Morgan fingerprint density at radius 2 is 2.16 bits per heavy atom. The van der Waals surface area contributed by atoms with Gasteiger partial charge >= 0.3 is 0 Å². The van der Waals surface area contributed by atoms with Gasteiger partial charge in [-0.2, -0.15) is 0 Å². The molecular weight excluding hydrogens is 338 g/mol. The highest BCUT2D eigenvalue weighted by Crippen LogP contribution is 2.21. The molecule has 6 nitrogen and oxygen atoms in total. The monoisotopic (exact) mass is 359 g/mol. The SMILES string of the molecule is O=C(NCC1CCCN(Cc2cccs2)C1)c1ccccc1[N+](=O)[O-]. The molecule has 1 aromatic heterocycles. The largest absolute Gasteiger partial charge is 0.351 e. The van der Waals surface area contributed by atoms with E-state index in [0.29, 0.717) is 12.5 Å². The lowest BCUT2D eigenvalue weighted by Crippen LogP contribution is -2.40. The summed E-state index contributed by atoms with van der Waals surface area (Å²) in [6.45, 7) is 3.51. The molecule has 1 aliphatic rings. The summed E-state index contributed by atoms with van der Waals surface area (Å²) < 4.78 is 0. The van der Waals surface area contributed by atoms with E-state index in [4.69, 9.17) is 0 Å². The average molecular weight is 359 g/mol. The van der Waals surface area contributed by atoms with Gasteiger partial charge in [0.25, 0.3) is 11.6 Å². The molecule has 1 unspecified atom stereocenters. The number of nitrogens with zero attached hydrogens (tertiary/aromatic N) is 2. The van der Waals surface area contributed by atoms with Crippen molar-refractivity contribution in [3.8, 4) is 0 Å². The molecular formula is C18H21N3O3S. The summed E-state index contributed by atoms with van der Waals surface area (Å²) in [5.41, 5.74) is -0.0262. The highest BCUT2D eigenvalue weighted by Gasteiger charge is 2.23. The van der Waals surface area contributed by atoms with Crippen LogP contribution in [0, 0.1) is 16.0 Å². The van der Waals surface area contributed by atoms with Crippen molar-refractivity contribution in [1.82, 2.24) is 10.2 Å². The minimum atomic E-state index is -0.516. The maximum Gasteiger partial charge on any atom is 0.282 e. The Kier molecular flexibility index (Phi) is 5.78. The van der Waals surface area contributed by atoms with Crippen LogP contribution in [0.5, 0.6) is 0 Å². The summed E-state index contributed by atoms with van der Waals surface area (Å²) >= 11 is 1.76. The van der Waals surface area contributed by atoms with Crippen LogP contribution in [0.3, 0.4) is 0 Å². The summed E-state index contributed by atoms with van der Waals surface area (Å²) in [6, 6.07) is 10.3. The number of likely N-dealkylation sites (tertiary alicyclic amines) is 1. The number of nitro benzene ring substituents is 1. The summed E-state index contributed by atoms with van der Waals surface area (Å²) in [6.07, 6.45) is 2.18. The molecule has 1 saturated heterocycles. The van der Waals surface area contributed by atoms with E-state index in [2.05, 4.69) is 27.7 Å². The molecule has 1 atom stereocenters. The summed E-state index contributed by atoms with van der Waals surface area (Å²) in [5.74, 6) is 0.00288. The van der Waals surface area contributed by atoms with Gasteiger partial charge in [-0.25, -0.2) is 0 Å². The lowest BCUT2D eigenvalue weighted by molar-refractivity contribution is -0.385. The van der Waals surface area contributed by atoms with Crippen LogP contribution in [-0.2, 0) is 6.54 Å². The van der Waals surface area contributed by atoms with Crippen LogP contribution in [0.15, 0.2) is 41.8 Å². The smallest absolute Gasteiger partial charge is 0.282 e. The van der Waals surface area contributed by atoms with E-state index in [1.807, 2.05) is 0 Å². The Hall–Kier alpha value is -2.25. The van der Waals surface area contributed by atoms with Crippen molar-refractivity contribution in [3.05, 3.63) is 62.3 Å². The van der Waals surface area contributed by atoms with E-state index in [1.54, 1.807) is 23.5 Å². The van der Waals surface area contributed by atoms with Crippen molar-refractivity contribution in [2.24, 2.45) is 5.92 Å². The quantitative estimate of drug-likeness (QED) is 0.634. The number of nitrogens with one attached hydrogen (secondary N) is 1. The molecule has 25 heavy (non-hydrogen) atoms. The number of carbonyl (C=O) groups excluding carboxylic acids is 1. The molecule has 1 N–H and O–H groups in total. The van der Waals surface area contributed by atoms with Gasteiger partial charge in [0.05, 0.1) is 4.92 Å². The molecule has 1 fully saturated rings. The lowest BCUT2D eigenvalue weighted by atomic mass is 9.97. The van der Waals surface area contributed by atoms with E-state index in [9.17, 15) is 14.9 Å². The zero-order valence-corrected chi connectivity index (χ0v) is 14.7. The lowest BCUT2D eigenvalue weighted by Gasteiger charge is -2.32. The highest BCUT2D eigenvalue weighted by molar-refractivity contribution is 7.09. The number of hydrogen-bond donors (Lipinski definition) is 1. The van der Waals surface area contributed by atoms with Gasteiger partial charge in [-0.05, 0) is 42.8 Å². The molecule has 0 saturated carbocycles. The van der Waals surface area contributed by atoms with E-state index >= 15 is 0 Å². The van der Waals surface area contributed by atoms with E-state index in [0.717, 1.165) is 32.5 Å². The maximum atomic E-state index is 12.3. The van der Waals surface area contributed by atoms with E-state index in [-0.39, 0.29) is 17.2 Å². The van der Waals surface area contributed by atoms with Crippen LogP contribution in [0.1, 0.15) is 28.1 Å². The van der Waals surface area contributed by atoms with Crippen molar-refractivity contribution in [2.45, 2.75) is 19.4 Å². The molecule has 1 aliphatic heterocycles. The Morgan fingerprint density at radius 1 is 1.32 bits per heavy atom. The average Bonchev–Trinajstić information content (AvgIpc) is 3.13. The molecule has 0 aliphatic carbocycles. The van der Waals surface area contributed by atoms with Gasteiger partial charge in [-0.3, -0.25) is 19.8 Å². The van der Waals surface area contributed by atoms with Crippen molar-refractivity contribution < 1.29 is 9.72 Å². The van der Waals surface area contributed by atoms with Crippen LogP contribution in [0.4, 0.5) is 5.69 Å². The topological polar surface area (TPSA) is 75.5 Å². The number of benzene rings is 1. The Balaban J connectivity index is 1.54. The molecule has 2 heterocycles. The second-order valence-corrected chi connectivity index (χ2v) is 7.34. The number of nitro groups is 1. The van der Waals surface area contributed by atoms with Crippen LogP contribution < -0.4 is 5.32 Å². The first-order chi connectivity index (χ1) is 12.1. The van der Waals surface area contributed by atoms with Crippen LogP contribution >= 0.6 is 11.3 Å². The van der Waals surface area contributed by atoms with Gasteiger partial charge in [0.15, 0.2) is 0 Å². The molecule has 1 amide bonds. The van der Waals surface area contributed by atoms with Crippen molar-refractivity contribution >= 4 is 22.9 Å². The van der Waals surface area contributed by atoms with Crippen molar-refractivity contribution in [2.75, 3.05) is 19.6 Å². The summed E-state index contributed by atoms with van der Waals surface area (Å²) in [7, 11) is 0. The number of amides is 1.